The molecule has 4 rings (SSSR count). The molecule has 1 amide bonds. The van der Waals surface area contributed by atoms with E-state index >= 15 is 0 Å². The van der Waals surface area contributed by atoms with Crippen molar-refractivity contribution in [3.63, 3.8) is 0 Å². The fourth-order valence-corrected chi connectivity index (χ4v) is 5.06. The molecule has 1 saturated heterocycles. The summed E-state index contributed by atoms with van der Waals surface area (Å²) < 4.78 is 7.53. The van der Waals surface area contributed by atoms with E-state index in [0.29, 0.717) is 18.7 Å². The first-order chi connectivity index (χ1) is 14.7. The Morgan fingerprint density at radius 2 is 1.87 bits per heavy atom. The van der Waals surface area contributed by atoms with Crippen molar-refractivity contribution in [1.82, 2.24) is 20.0 Å². The van der Waals surface area contributed by atoms with Crippen LogP contribution in [0.3, 0.4) is 0 Å². The highest BCUT2D eigenvalue weighted by Gasteiger charge is 2.39. The van der Waals surface area contributed by atoms with Crippen LogP contribution in [0.4, 0.5) is 0 Å². The summed E-state index contributed by atoms with van der Waals surface area (Å²) in [5, 5.41) is 7.82. The maximum Gasteiger partial charge on any atom is 0.254 e. The van der Waals surface area contributed by atoms with Gasteiger partial charge in [-0.1, -0.05) is 56.5 Å². The highest BCUT2D eigenvalue weighted by molar-refractivity contribution is 5.95. The van der Waals surface area contributed by atoms with Gasteiger partial charge in [-0.2, -0.15) is 5.10 Å². The highest BCUT2D eigenvalue weighted by atomic mass is 16.5. The van der Waals surface area contributed by atoms with Gasteiger partial charge in [0.1, 0.15) is 0 Å². The van der Waals surface area contributed by atoms with Gasteiger partial charge in [0.05, 0.1) is 37.2 Å². The monoisotopic (exact) mass is 410 g/mol. The van der Waals surface area contributed by atoms with Crippen LogP contribution in [0, 0.1) is 0 Å². The standard InChI is InChI=1S/C24H34N4O2/c1-2-22-21(17-26-28(22)18-20-9-5-3-6-10-20)23(29)25-19-24(11-7-4-8-12-24)27-13-15-30-16-14-27/h3,5-6,9-10,17H,2,4,7-8,11-16,18-19H2,1H3,(H,25,29). The van der Waals surface area contributed by atoms with E-state index in [1.54, 1.807) is 6.20 Å². The maximum atomic E-state index is 13.2. The number of benzene rings is 1. The van der Waals surface area contributed by atoms with E-state index in [1.807, 2.05) is 22.9 Å². The molecule has 6 nitrogen and oxygen atoms in total. The molecule has 1 saturated carbocycles. The lowest BCUT2D eigenvalue weighted by Crippen LogP contribution is -2.59. The number of ether oxygens (including phenoxy) is 1. The van der Waals surface area contributed by atoms with Crippen LogP contribution in [-0.4, -0.2) is 59.0 Å². The summed E-state index contributed by atoms with van der Waals surface area (Å²) in [5.41, 5.74) is 2.97. The SMILES string of the molecule is CCc1c(C(=O)NCC2(N3CCOCC3)CCCCC2)cnn1Cc1ccccc1. The lowest BCUT2D eigenvalue weighted by molar-refractivity contribution is -0.0361. The molecule has 0 spiro atoms. The Morgan fingerprint density at radius 1 is 1.13 bits per heavy atom. The van der Waals surface area contributed by atoms with E-state index in [0.717, 1.165) is 51.3 Å². The summed E-state index contributed by atoms with van der Waals surface area (Å²) in [6, 6.07) is 10.3. The lowest BCUT2D eigenvalue weighted by atomic mass is 9.79. The first-order valence-corrected chi connectivity index (χ1v) is 11.4. The van der Waals surface area contributed by atoms with Crippen molar-refractivity contribution in [2.75, 3.05) is 32.8 Å². The van der Waals surface area contributed by atoms with Gasteiger partial charge < -0.3 is 10.1 Å². The molecule has 6 heteroatoms. The number of carbonyl (C=O) groups is 1. The molecule has 162 valence electrons. The van der Waals surface area contributed by atoms with E-state index in [-0.39, 0.29) is 11.4 Å². The molecule has 1 N–H and O–H groups in total. The van der Waals surface area contributed by atoms with Gasteiger partial charge >= 0.3 is 0 Å². The van der Waals surface area contributed by atoms with Gasteiger partial charge in [0, 0.05) is 25.2 Å². The quantitative estimate of drug-likeness (QED) is 0.761. The topological polar surface area (TPSA) is 59.4 Å². The average Bonchev–Trinajstić information content (AvgIpc) is 3.22. The molecule has 1 aromatic carbocycles. The van der Waals surface area contributed by atoms with Crippen LogP contribution >= 0.6 is 0 Å². The number of nitrogens with one attached hydrogen (secondary N) is 1. The third kappa shape index (κ3) is 4.60. The summed E-state index contributed by atoms with van der Waals surface area (Å²) in [4.78, 5) is 15.7. The third-order valence-electron chi connectivity index (χ3n) is 6.75. The molecule has 0 atom stereocenters. The van der Waals surface area contributed by atoms with Crippen molar-refractivity contribution in [1.29, 1.82) is 0 Å². The second-order valence-electron chi connectivity index (χ2n) is 8.57. The van der Waals surface area contributed by atoms with Gasteiger partial charge in [-0.05, 0) is 24.8 Å². The molecule has 30 heavy (non-hydrogen) atoms. The minimum absolute atomic E-state index is 0.00405. The van der Waals surface area contributed by atoms with Crippen LogP contribution in [0.1, 0.15) is 60.6 Å². The summed E-state index contributed by atoms with van der Waals surface area (Å²) in [7, 11) is 0. The summed E-state index contributed by atoms with van der Waals surface area (Å²) in [6.45, 7) is 7.00. The normalized spacial score (nSPS) is 19.5. The summed E-state index contributed by atoms with van der Waals surface area (Å²) >= 11 is 0. The van der Waals surface area contributed by atoms with E-state index < -0.39 is 0 Å². The van der Waals surface area contributed by atoms with Gasteiger partial charge in [0.2, 0.25) is 0 Å². The first-order valence-electron chi connectivity index (χ1n) is 11.4. The van der Waals surface area contributed by atoms with Crippen molar-refractivity contribution in [3.8, 4) is 0 Å². The Hall–Kier alpha value is -2.18. The van der Waals surface area contributed by atoms with Crippen LogP contribution in [0.15, 0.2) is 36.5 Å². The van der Waals surface area contributed by atoms with Crippen LogP contribution in [0.5, 0.6) is 0 Å². The molecule has 0 radical (unpaired) electrons. The molecule has 1 aliphatic heterocycles. The fraction of sp³-hybridized carbons (Fsp3) is 0.583. The number of nitrogens with zero attached hydrogens (tertiary/aromatic N) is 3. The molecule has 2 aromatic rings. The Labute approximate surface area is 179 Å². The Kier molecular flexibility index (Phi) is 6.85. The van der Waals surface area contributed by atoms with Crippen molar-refractivity contribution < 1.29 is 9.53 Å². The minimum atomic E-state index is 0.00405. The van der Waals surface area contributed by atoms with Crippen molar-refractivity contribution >= 4 is 5.91 Å². The smallest absolute Gasteiger partial charge is 0.254 e. The van der Waals surface area contributed by atoms with Crippen LogP contribution < -0.4 is 5.32 Å². The molecule has 2 heterocycles. The van der Waals surface area contributed by atoms with Gasteiger partial charge in [0.15, 0.2) is 0 Å². The summed E-state index contributed by atoms with van der Waals surface area (Å²) in [6.07, 6.45) is 8.60. The first kappa shape index (κ1) is 21.1. The molecule has 1 aliphatic carbocycles. The summed E-state index contributed by atoms with van der Waals surface area (Å²) in [5.74, 6) is 0.00405. The Bertz CT molecular complexity index is 821. The van der Waals surface area contributed by atoms with Gasteiger partial charge in [0.25, 0.3) is 5.91 Å². The number of rotatable bonds is 7. The number of morpholine rings is 1. The number of carbonyl (C=O) groups excluding carboxylic acids is 1. The minimum Gasteiger partial charge on any atom is -0.379 e. The largest absolute Gasteiger partial charge is 0.379 e. The zero-order valence-electron chi connectivity index (χ0n) is 18.1. The Morgan fingerprint density at radius 3 is 2.57 bits per heavy atom. The van der Waals surface area contributed by atoms with Gasteiger partial charge in [-0.3, -0.25) is 14.4 Å². The van der Waals surface area contributed by atoms with Gasteiger partial charge in [-0.25, -0.2) is 0 Å². The van der Waals surface area contributed by atoms with E-state index in [2.05, 4.69) is 34.4 Å². The van der Waals surface area contributed by atoms with E-state index in [9.17, 15) is 4.79 Å². The molecular weight excluding hydrogens is 376 g/mol. The van der Waals surface area contributed by atoms with Gasteiger partial charge in [-0.15, -0.1) is 0 Å². The molecule has 0 unspecified atom stereocenters. The third-order valence-corrected chi connectivity index (χ3v) is 6.75. The van der Waals surface area contributed by atoms with Crippen molar-refractivity contribution in [2.24, 2.45) is 0 Å². The lowest BCUT2D eigenvalue weighted by Gasteiger charge is -2.48. The second kappa shape index (κ2) is 9.75. The number of hydrogen-bond acceptors (Lipinski definition) is 4. The average molecular weight is 411 g/mol. The molecular formula is C24H34N4O2. The zero-order chi connectivity index (χ0) is 20.8. The number of hydrogen-bond donors (Lipinski definition) is 1. The molecule has 1 aromatic heterocycles. The van der Waals surface area contributed by atoms with Crippen LogP contribution in [0.25, 0.3) is 0 Å². The highest BCUT2D eigenvalue weighted by Crippen LogP contribution is 2.34. The predicted molar refractivity (Wildman–Crippen MR) is 118 cm³/mol. The molecule has 2 fully saturated rings. The Balaban J connectivity index is 1.46. The fourth-order valence-electron chi connectivity index (χ4n) is 5.06. The number of amides is 1. The molecule has 2 aliphatic rings. The number of aromatic nitrogens is 2. The van der Waals surface area contributed by atoms with Crippen LogP contribution in [0.2, 0.25) is 0 Å². The van der Waals surface area contributed by atoms with Crippen LogP contribution in [-0.2, 0) is 17.7 Å². The second-order valence-corrected chi connectivity index (χ2v) is 8.57. The predicted octanol–water partition coefficient (Wildman–Crippen LogP) is 3.26. The van der Waals surface area contributed by atoms with Crippen molar-refractivity contribution in [3.05, 3.63) is 53.3 Å². The van der Waals surface area contributed by atoms with Crippen molar-refractivity contribution in [2.45, 2.75) is 57.5 Å². The maximum absolute atomic E-state index is 13.2. The molecule has 0 bridgehead atoms. The zero-order valence-corrected chi connectivity index (χ0v) is 18.1. The van der Waals surface area contributed by atoms with E-state index in [4.69, 9.17) is 4.74 Å². The van der Waals surface area contributed by atoms with E-state index in [1.165, 1.54) is 24.8 Å².